The zero-order chi connectivity index (χ0) is 16.3. The largest absolute Gasteiger partial charge is 0.386 e. The molecule has 0 bridgehead atoms. The second kappa shape index (κ2) is 7.13. The number of aromatic nitrogens is 2. The molecule has 5 nitrogen and oxygen atoms in total. The topological polar surface area (TPSA) is 67.2 Å². The molecule has 22 heavy (non-hydrogen) atoms. The summed E-state index contributed by atoms with van der Waals surface area (Å²) in [7, 11) is 0. The van der Waals surface area contributed by atoms with Gasteiger partial charge in [0.15, 0.2) is 0 Å². The van der Waals surface area contributed by atoms with Crippen molar-refractivity contribution in [2.45, 2.75) is 26.5 Å². The van der Waals surface area contributed by atoms with Crippen molar-refractivity contribution < 1.29 is 9.90 Å². The number of aliphatic hydroxyl groups is 1. The highest BCUT2D eigenvalue weighted by molar-refractivity contribution is 6.36. The zero-order valence-electron chi connectivity index (χ0n) is 12.3. The van der Waals surface area contributed by atoms with Crippen molar-refractivity contribution in [3.8, 4) is 0 Å². The van der Waals surface area contributed by atoms with Gasteiger partial charge in [0.25, 0.3) is 5.91 Å². The molecule has 1 aromatic carbocycles. The minimum absolute atomic E-state index is 0.0101. The van der Waals surface area contributed by atoms with Gasteiger partial charge in [0.2, 0.25) is 0 Å². The number of halogens is 2. The lowest BCUT2D eigenvalue weighted by Crippen LogP contribution is -2.30. The Morgan fingerprint density at radius 1 is 1.41 bits per heavy atom. The SMILES string of the molecule is CCn1nc(C)cc1C(=O)NCC(O)c1c(Cl)cccc1Cl. The molecule has 1 heterocycles. The molecule has 118 valence electrons. The van der Waals surface area contributed by atoms with Crippen LogP contribution in [0.5, 0.6) is 0 Å². The summed E-state index contributed by atoms with van der Waals surface area (Å²) in [5.41, 5.74) is 1.63. The van der Waals surface area contributed by atoms with E-state index in [2.05, 4.69) is 10.4 Å². The minimum atomic E-state index is -0.982. The number of nitrogens with zero attached hydrogens (tertiary/aromatic N) is 2. The summed E-state index contributed by atoms with van der Waals surface area (Å²) < 4.78 is 1.61. The summed E-state index contributed by atoms with van der Waals surface area (Å²) in [5.74, 6) is -0.301. The molecular formula is C15H17Cl2N3O2. The fourth-order valence-corrected chi connectivity index (χ4v) is 2.83. The molecule has 0 aliphatic heterocycles. The Labute approximate surface area is 138 Å². The number of rotatable bonds is 5. The van der Waals surface area contributed by atoms with Crippen molar-refractivity contribution in [1.29, 1.82) is 0 Å². The third-order valence-corrected chi connectivity index (χ3v) is 3.88. The smallest absolute Gasteiger partial charge is 0.269 e. The normalized spacial score (nSPS) is 12.2. The first-order valence-electron chi connectivity index (χ1n) is 6.88. The van der Waals surface area contributed by atoms with Crippen LogP contribution in [0.3, 0.4) is 0 Å². The Bertz CT molecular complexity index is 665. The molecule has 0 radical (unpaired) electrons. The van der Waals surface area contributed by atoms with Gasteiger partial charge in [-0.05, 0) is 32.0 Å². The highest BCUT2D eigenvalue weighted by atomic mass is 35.5. The molecule has 0 spiro atoms. The predicted octanol–water partition coefficient (Wildman–Crippen LogP) is 2.98. The summed E-state index contributed by atoms with van der Waals surface area (Å²) in [6.07, 6.45) is -0.982. The van der Waals surface area contributed by atoms with E-state index in [-0.39, 0.29) is 12.5 Å². The van der Waals surface area contributed by atoms with E-state index in [0.29, 0.717) is 27.8 Å². The van der Waals surface area contributed by atoms with Crippen molar-refractivity contribution in [2.75, 3.05) is 6.54 Å². The monoisotopic (exact) mass is 341 g/mol. The van der Waals surface area contributed by atoms with Gasteiger partial charge in [0, 0.05) is 28.7 Å². The van der Waals surface area contributed by atoms with Crippen molar-refractivity contribution in [3.63, 3.8) is 0 Å². The number of benzene rings is 1. The van der Waals surface area contributed by atoms with Crippen LogP contribution < -0.4 is 5.32 Å². The molecule has 0 saturated carbocycles. The number of hydrogen-bond acceptors (Lipinski definition) is 3. The third kappa shape index (κ3) is 3.61. The van der Waals surface area contributed by atoms with Crippen LogP contribution in [-0.4, -0.2) is 27.3 Å². The lowest BCUT2D eigenvalue weighted by Gasteiger charge is -2.15. The Kier molecular flexibility index (Phi) is 5.45. The number of carbonyl (C=O) groups is 1. The van der Waals surface area contributed by atoms with E-state index >= 15 is 0 Å². The van der Waals surface area contributed by atoms with Gasteiger partial charge in [-0.1, -0.05) is 29.3 Å². The van der Waals surface area contributed by atoms with E-state index in [9.17, 15) is 9.90 Å². The maximum atomic E-state index is 12.2. The molecule has 0 saturated heterocycles. The number of hydrogen-bond donors (Lipinski definition) is 2. The maximum absolute atomic E-state index is 12.2. The Balaban J connectivity index is 2.07. The van der Waals surface area contributed by atoms with Gasteiger partial charge in [0.1, 0.15) is 5.69 Å². The van der Waals surface area contributed by atoms with Crippen LogP contribution in [-0.2, 0) is 6.54 Å². The fraction of sp³-hybridized carbons (Fsp3) is 0.333. The molecule has 0 fully saturated rings. The van der Waals surface area contributed by atoms with E-state index in [4.69, 9.17) is 23.2 Å². The maximum Gasteiger partial charge on any atom is 0.269 e. The average molecular weight is 342 g/mol. The molecule has 2 rings (SSSR count). The first-order valence-corrected chi connectivity index (χ1v) is 7.64. The number of amides is 1. The van der Waals surface area contributed by atoms with Crippen LogP contribution >= 0.6 is 23.2 Å². The summed E-state index contributed by atoms with van der Waals surface area (Å²) in [6.45, 7) is 4.33. The number of aliphatic hydroxyl groups excluding tert-OH is 1. The van der Waals surface area contributed by atoms with Crippen LogP contribution in [0.15, 0.2) is 24.3 Å². The third-order valence-electron chi connectivity index (χ3n) is 3.22. The molecule has 0 aliphatic carbocycles. The van der Waals surface area contributed by atoms with Gasteiger partial charge in [-0.25, -0.2) is 0 Å². The van der Waals surface area contributed by atoms with E-state index in [1.54, 1.807) is 28.9 Å². The van der Waals surface area contributed by atoms with Crippen molar-refractivity contribution in [3.05, 3.63) is 51.3 Å². The van der Waals surface area contributed by atoms with Crippen molar-refractivity contribution >= 4 is 29.1 Å². The fourth-order valence-electron chi connectivity index (χ4n) is 2.18. The molecule has 2 N–H and O–H groups in total. The Morgan fingerprint density at radius 2 is 2.05 bits per heavy atom. The second-order valence-corrected chi connectivity index (χ2v) is 5.66. The van der Waals surface area contributed by atoms with Crippen LogP contribution in [0, 0.1) is 6.92 Å². The van der Waals surface area contributed by atoms with E-state index in [1.165, 1.54) is 0 Å². The summed E-state index contributed by atoms with van der Waals surface area (Å²) in [6, 6.07) is 6.68. The standard InChI is InChI=1S/C15H17Cl2N3O2/c1-3-20-12(7-9(2)19-20)15(22)18-8-13(21)14-10(16)5-4-6-11(14)17/h4-7,13,21H,3,8H2,1-2H3,(H,18,22). The second-order valence-electron chi connectivity index (χ2n) is 4.85. The lowest BCUT2D eigenvalue weighted by molar-refractivity contribution is 0.0906. The molecule has 1 amide bonds. The summed E-state index contributed by atoms with van der Waals surface area (Å²) >= 11 is 12.1. The molecule has 2 aromatic rings. The summed E-state index contributed by atoms with van der Waals surface area (Å²) in [5, 5.41) is 17.8. The van der Waals surface area contributed by atoms with E-state index in [0.717, 1.165) is 5.69 Å². The molecule has 0 aliphatic rings. The first kappa shape index (κ1) is 16.8. The number of carbonyl (C=O) groups excluding carboxylic acids is 1. The molecule has 1 atom stereocenters. The van der Waals surface area contributed by atoms with Gasteiger partial charge < -0.3 is 10.4 Å². The zero-order valence-corrected chi connectivity index (χ0v) is 13.8. The van der Waals surface area contributed by atoms with Crippen molar-refractivity contribution in [2.24, 2.45) is 0 Å². The quantitative estimate of drug-likeness (QED) is 0.878. The van der Waals surface area contributed by atoms with Crippen LogP contribution in [0.2, 0.25) is 10.0 Å². The van der Waals surface area contributed by atoms with Crippen LogP contribution in [0.4, 0.5) is 0 Å². The van der Waals surface area contributed by atoms with E-state index in [1.807, 2.05) is 13.8 Å². The average Bonchev–Trinajstić information content (AvgIpc) is 2.85. The number of nitrogens with one attached hydrogen (secondary N) is 1. The van der Waals surface area contributed by atoms with Gasteiger partial charge in [0.05, 0.1) is 11.8 Å². The first-order chi connectivity index (χ1) is 10.4. The van der Waals surface area contributed by atoms with Crippen LogP contribution in [0.1, 0.15) is 34.8 Å². The van der Waals surface area contributed by atoms with Gasteiger partial charge in [-0.2, -0.15) is 5.10 Å². The van der Waals surface area contributed by atoms with Gasteiger partial charge >= 0.3 is 0 Å². The molecule has 1 aromatic heterocycles. The highest BCUT2D eigenvalue weighted by Crippen LogP contribution is 2.29. The molecular weight excluding hydrogens is 325 g/mol. The van der Waals surface area contributed by atoms with Gasteiger partial charge in [-0.3, -0.25) is 9.48 Å². The molecule has 7 heteroatoms. The van der Waals surface area contributed by atoms with Crippen LogP contribution in [0.25, 0.3) is 0 Å². The van der Waals surface area contributed by atoms with Gasteiger partial charge in [-0.15, -0.1) is 0 Å². The summed E-state index contributed by atoms with van der Waals surface area (Å²) in [4.78, 5) is 12.2. The van der Waals surface area contributed by atoms with E-state index < -0.39 is 6.10 Å². The number of aryl methyl sites for hydroxylation is 2. The minimum Gasteiger partial charge on any atom is -0.386 e. The highest BCUT2D eigenvalue weighted by Gasteiger charge is 2.18. The Morgan fingerprint density at radius 3 is 2.64 bits per heavy atom. The van der Waals surface area contributed by atoms with Crippen molar-refractivity contribution in [1.82, 2.24) is 15.1 Å². The predicted molar refractivity (Wildman–Crippen MR) is 86.4 cm³/mol. The molecule has 1 unspecified atom stereocenters. The Hall–Kier alpha value is -1.56. The lowest BCUT2D eigenvalue weighted by atomic mass is 10.1.